The van der Waals surface area contributed by atoms with Crippen LogP contribution in [0.1, 0.15) is 0 Å². The maximum Gasteiger partial charge on any atom is 0.165 e. The van der Waals surface area contributed by atoms with Gasteiger partial charge in [-0.3, -0.25) is 16.1 Å². The van der Waals surface area contributed by atoms with Crippen molar-refractivity contribution in [1.82, 2.24) is 5.32 Å². The molecular weight excluding hydrogens is 150 g/mol. The first-order chi connectivity index (χ1) is 4.95. The van der Waals surface area contributed by atoms with Crippen molar-refractivity contribution in [2.24, 2.45) is 11.5 Å². The molecule has 0 aromatic rings. The van der Waals surface area contributed by atoms with E-state index in [0.29, 0.717) is 0 Å². The van der Waals surface area contributed by atoms with Gasteiger partial charge in [0.2, 0.25) is 0 Å². The first-order valence-electron chi connectivity index (χ1n) is 2.75. The highest BCUT2D eigenvalue weighted by atomic mass is 16.3. The standard InChI is InChI=1S/C4H11N5O2/c5-1(6)3(10)9-4(11)2(7)8/h3-4,9-11H,(H3,5,6)(H3,7,8). The maximum atomic E-state index is 8.77. The van der Waals surface area contributed by atoms with E-state index in [-0.39, 0.29) is 0 Å². The molecule has 9 N–H and O–H groups in total. The van der Waals surface area contributed by atoms with Crippen molar-refractivity contribution in [3.63, 3.8) is 0 Å². The summed E-state index contributed by atoms with van der Waals surface area (Å²) in [6.45, 7) is 0. The van der Waals surface area contributed by atoms with Gasteiger partial charge in [-0.2, -0.15) is 0 Å². The van der Waals surface area contributed by atoms with Crippen LogP contribution in [0.3, 0.4) is 0 Å². The van der Waals surface area contributed by atoms with E-state index in [1.807, 2.05) is 5.32 Å². The number of aliphatic hydroxyl groups is 2. The van der Waals surface area contributed by atoms with Crippen molar-refractivity contribution < 1.29 is 10.2 Å². The lowest BCUT2D eigenvalue weighted by Gasteiger charge is -2.15. The minimum absolute atomic E-state index is 0.551. The van der Waals surface area contributed by atoms with Crippen LogP contribution in [0, 0.1) is 10.8 Å². The molecule has 7 nitrogen and oxygen atoms in total. The summed E-state index contributed by atoms with van der Waals surface area (Å²) in [5, 5.41) is 32.9. The van der Waals surface area contributed by atoms with E-state index in [1.54, 1.807) is 0 Å². The number of aliphatic hydroxyl groups excluding tert-OH is 2. The fourth-order valence-electron chi connectivity index (χ4n) is 0.329. The molecule has 0 aromatic heterocycles. The summed E-state index contributed by atoms with van der Waals surface area (Å²) in [6, 6.07) is 0. The van der Waals surface area contributed by atoms with Gasteiger partial charge >= 0.3 is 0 Å². The second kappa shape index (κ2) is 3.86. The molecule has 0 saturated heterocycles. The van der Waals surface area contributed by atoms with Crippen LogP contribution in [-0.4, -0.2) is 34.3 Å². The van der Waals surface area contributed by atoms with Gasteiger partial charge in [0.1, 0.15) is 11.7 Å². The van der Waals surface area contributed by atoms with Gasteiger partial charge in [-0.25, -0.2) is 0 Å². The fourth-order valence-corrected chi connectivity index (χ4v) is 0.329. The Kier molecular flexibility index (Phi) is 3.45. The molecule has 0 radical (unpaired) electrons. The molecule has 2 unspecified atom stereocenters. The minimum atomic E-state index is -1.48. The van der Waals surface area contributed by atoms with Crippen molar-refractivity contribution in [3.05, 3.63) is 0 Å². The molecule has 0 spiro atoms. The first-order valence-corrected chi connectivity index (χ1v) is 2.75. The average Bonchev–Trinajstić information content (AvgIpc) is 1.87. The lowest BCUT2D eigenvalue weighted by atomic mass is 10.4. The summed E-state index contributed by atoms with van der Waals surface area (Å²) >= 11 is 0. The quantitative estimate of drug-likeness (QED) is 0.134. The third-order valence-electron chi connectivity index (χ3n) is 0.905. The smallest absolute Gasteiger partial charge is 0.165 e. The molecule has 0 fully saturated rings. The average molecular weight is 161 g/mol. The van der Waals surface area contributed by atoms with Gasteiger partial charge in [0.05, 0.1) is 0 Å². The fraction of sp³-hybridized carbons (Fsp3) is 0.500. The number of rotatable bonds is 4. The summed E-state index contributed by atoms with van der Waals surface area (Å²) in [5.41, 5.74) is 9.67. The molecule has 0 bridgehead atoms. The molecule has 7 heteroatoms. The monoisotopic (exact) mass is 161 g/mol. The van der Waals surface area contributed by atoms with Crippen LogP contribution in [0.2, 0.25) is 0 Å². The van der Waals surface area contributed by atoms with Crippen molar-refractivity contribution in [3.8, 4) is 0 Å². The van der Waals surface area contributed by atoms with E-state index < -0.39 is 24.1 Å². The maximum absolute atomic E-state index is 8.77. The number of amidine groups is 2. The Hall–Kier alpha value is -1.18. The normalized spacial score (nSPS) is 15.5. The van der Waals surface area contributed by atoms with Gasteiger partial charge in [-0.15, -0.1) is 0 Å². The largest absolute Gasteiger partial charge is 0.384 e. The number of nitrogens with one attached hydrogen (secondary N) is 3. The third-order valence-corrected chi connectivity index (χ3v) is 0.905. The van der Waals surface area contributed by atoms with E-state index >= 15 is 0 Å². The summed E-state index contributed by atoms with van der Waals surface area (Å²) in [5.74, 6) is -1.10. The molecule has 64 valence electrons. The highest BCUT2D eigenvalue weighted by Gasteiger charge is 2.13. The number of hydrogen-bond donors (Lipinski definition) is 7. The van der Waals surface area contributed by atoms with Crippen LogP contribution in [0.25, 0.3) is 0 Å². The van der Waals surface area contributed by atoms with Gasteiger partial charge in [-0.1, -0.05) is 0 Å². The van der Waals surface area contributed by atoms with Crippen LogP contribution in [0.4, 0.5) is 0 Å². The molecule has 0 aromatic carbocycles. The molecule has 0 aliphatic rings. The van der Waals surface area contributed by atoms with Crippen LogP contribution < -0.4 is 16.8 Å². The van der Waals surface area contributed by atoms with Crippen molar-refractivity contribution in [2.45, 2.75) is 12.5 Å². The second-order valence-electron chi connectivity index (χ2n) is 1.88. The zero-order valence-corrected chi connectivity index (χ0v) is 5.70. The zero-order valence-electron chi connectivity index (χ0n) is 5.70. The van der Waals surface area contributed by atoms with E-state index in [4.69, 9.17) is 32.5 Å². The number of nitrogens with two attached hydrogens (primary N) is 2. The lowest BCUT2D eigenvalue weighted by Crippen LogP contribution is -2.50. The van der Waals surface area contributed by atoms with Crippen LogP contribution >= 0.6 is 0 Å². The second-order valence-corrected chi connectivity index (χ2v) is 1.88. The molecule has 0 heterocycles. The zero-order chi connectivity index (χ0) is 9.02. The Morgan fingerprint density at radius 2 is 1.36 bits per heavy atom. The molecular formula is C4H11N5O2. The predicted octanol–water partition coefficient (Wildman–Crippen LogP) is -2.92. The van der Waals surface area contributed by atoms with Crippen molar-refractivity contribution in [1.29, 1.82) is 10.8 Å². The van der Waals surface area contributed by atoms with Gasteiger partial charge in [0.25, 0.3) is 0 Å². The van der Waals surface area contributed by atoms with Crippen LogP contribution in [0.5, 0.6) is 0 Å². The minimum Gasteiger partial charge on any atom is -0.384 e. The molecule has 2 atom stereocenters. The van der Waals surface area contributed by atoms with Gasteiger partial charge in [0.15, 0.2) is 12.5 Å². The molecule has 11 heavy (non-hydrogen) atoms. The SMILES string of the molecule is N=C(N)C(O)NC(O)C(=N)N. The van der Waals surface area contributed by atoms with Gasteiger partial charge < -0.3 is 21.7 Å². The van der Waals surface area contributed by atoms with E-state index in [0.717, 1.165) is 0 Å². The molecule has 0 rings (SSSR count). The van der Waals surface area contributed by atoms with Crippen LogP contribution in [0.15, 0.2) is 0 Å². The Morgan fingerprint density at radius 1 is 1.09 bits per heavy atom. The highest BCUT2D eigenvalue weighted by molar-refractivity contribution is 5.84. The Balaban J connectivity index is 3.84. The van der Waals surface area contributed by atoms with E-state index in [2.05, 4.69) is 0 Å². The lowest BCUT2D eigenvalue weighted by molar-refractivity contribution is 0.113. The van der Waals surface area contributed by atoms with Crippen LogP contribution in [-0.2, 0) is 0 Å². The molecule has 0 aliphatic carbocycles. The predicted molar refractivity (Wildman–Crippen MR) is 39.0 cm³/mol. The Morgan fingerprint density at radius 3 is 1.55 bits per heavy atom. The molecule has 0 saturated carbocycles. The topological polar surface area (TPSA) is 152 Å². The Labute approximate surface area is 63.0 Å². The summed E-state index contributed by atoms with van der Waals surface area (Å²) < 4.78 is 0. The summed E-state index contributed by atoms with van der Waals surface area (Å²) in [6.07, 6.45) is -2.96. The van der Waals surface area contributed by atoms with E-state index in [1.165, 1.54) is 0 Å². The van der Waals surface area contributed by atoms with Gasteiger partial charge in [0, 0.05) is 0 Å². The van der Waals surface area contributed by atoms with E-state index in [9.17, 15) is 0 Å². The molecule has 0 amide bonds. The first kappa shape index (κ1) is 9.82. The number of hydrogen-bond acceptors (Lipinski definition) is 5. The van der Waals surface area contributed by atoms with Gasteiger partial charge in [-0.05, 0) is 0 Å². The van der Waals surface area contributed by atoms with Crippen molar-refractivity contribution >= 4 is 11.7 Å². The highest BCUT2D eigenvalue weighted by Crippen LogP contribution is 1.79. The third kappa shape index (κ3) is 3.50. The van der Waals surface area contributed by atoms with Crippen molar-refractivity contribution in [2.75, 3.05) is 0 Å². The summed E-state index contributed by atoms with van der Waals surface area (Å²) in [4.78, 5) is 0. The Bertz CT molecular complexity index is 152. The summed E-state index contributed by atoms with van der Waals surface area (Å²) in [7, 11) is 0. The molecule has 0 aliphatic heterocycles.